The van der Waals surface area contributed by atoms with Crippen molar-refractivity contribution in [1.82, 2.24) is 9.55 Å². The number of nitrogens with zero attached hydrogens (tertiary/aromatic N) is 2. The van der Waals surface area contributed by atoms with Gasteiger partial charge in [-0.25, -0.2) is 4.98 Å². The van der Waals surface area contributed by atoms with Gasteiger partial charge in [0.2, 0.25) is 5.95 Å². The Morgan fingerprint density at radius 3 is 2.95 bits per heavy atom. The molecule has 0 bridgehead atoms. The Kier molecular flexibility index (Phi) is 3.42. The minimum Gasteiger partial charge on any atom is -0.355 e. The van der Waals surface area contributed by atoms with Gasteiger partial charge in [0.1, 0.15) is 0 Å². The quantitative estimate of drug-likeness (QED) is 0.866. The third kappa shape index (κ3) is 2.45. The summed E-state index contributed by atoms with van der Waals surface area (Å²) in [5, 5.41) is 3.51. The number of nitrogens with one attached hydrogen (secondary N) is 1. The monoisotopic (exact) mass is 258 g/mol. The van der Waals surface area contributed by atoms with Gasteiger partial charge in [0.25, 0.3) is 0 Å². The molecule has 3 rings (SSSR count). The molecule has 19 heavy (non-hydrogen) atoms. The molecule has 1 aliphatic rings. The van der Waals surface area contributed by atoms with E-state index < -0.39 is 0 Å². The minimum absolute atomic E-state index is 0.636. The van der Waals surface area contributed by atoms with Gasteiger partial charge in [-0.3, -0.25) is 0 Å². The summed E-state index contributed by atoms with van der Waals surface area (Å²) in [6.45, 7) is 4.58. The van der Waals surface area contributed by atoms with Crippen molar-refractivity contribution in [1.29, 1.82) is 0 Å². The topological polar surface area (TPSA) is 55.9 Å². The van der Waals surface area contributed by atoms with Crippen LogP contribution in [-0.4, -0.2) is 22.6 Å². The van der Waals surface area contributed by atoms with Crippen LogP contribution in [-0.2, 0) is 6.54 Å². The van der Waals surface area contributed by atoms with Crippen molar-refractivity contribution in [2.75, 3.05) is 18.4 Å². The lowest BCUT2D eigenvalue weighted by Crippen LogP contribution is -2.23. The third-order valence-electron chi connectivity index (χ3n) is 4.03. The Bertz CT molecular complexity index is 569. The molecule has 4 nitrogen and oxygen atoms in total. The van der Waals surface area contributed by atoms with E-state index in [4.69, 9.17) is 10.7 Å². The smallest absolute Gasteiger partial charge is 0.203 e. The van der Waals surface area contributed by atoms with Crippen LogP contribution in [0.2, 0.25) is 0 Å². The zero-order chi connectivity index (χ0) is 13.2. The second kappa shape index (κ2) is 5.21. The summed E-state index contributed by atoms with van der Waals surface area (Å²) in [5.41, 5.74) is 9.21. The van der Waals surface area contributed by atoms with Crippen molar-refractivity contribution in [2.24, 2.45) is 11.7 Å². The van der Waals surface area contributed by atoms with Crippen molar-refractivity contribution in [3.05, 3.63) is 23.8 Å². The maximum absolute atomic E-state index is 5.73. The number of imidazole rings is 1. The fourth-order valence-corrected chi connectivity index (χ4v) is 2.66. The van der Waals surface area contributed by atoms with Crippen molar-refractivity contribution in [3.63, 3.8) is 0 Å². The Labute approximate surface area is 114 Å². The molecule has 0 radical (unpaired) electrons. The second-order valence-corrected chi connectivity index (χ2v) is 5.55. The predicted molar refractivity (Wildman–Crippen MR) is 79.4 cm³/mol. The highest BCUT2D eigenvalue weighted by atomic mass is 15.2. The van der Waals surface area contributed by atoms with Crippen LogP contribution in [0.5, 0.6) is 0 Å². The number of aromatic nitrogens is 2. The summed E-state index contributed by atoms with van der Waals surface area (Å²) in [7, 11) is 0. The average molecular weight is 258 g/mol. The maximum Gasteiger partial charge on any atom is 0.203 e. The summed E-state index contributed by atoms with van der Waals surface area (Å²) < 4.78 is 2.20. The molecular formula is C15H22N4. The zero-order valence-electron chi connectivity index (χ0n) is 11.5. The lowest BCUT2D eigenvalue weighted by Gasteiger charge is -2.25. The minimum atomic E-state index is 0.636. The molecule has 1 aliphatic carbocycles. The van der Waals surface area contributed by atoms with E-state index in [2.05, 4.69) is 35.0 Å². The van der Waals surface area contributed by atoms with Crippen LogP contribution in [0.25, 0.3) is 11.0 Å². The van der Waals surface area contributed by atoms with Crippen LogP contribution >= 0.6 is 0 Å². The van der Waals surface area contributed by atoms with Crippen molar-refractivity contribution < 1.29 is 0 Å². The van der Waals surface area contributed by atoms with Gasteiger partial charge in [0.05, 0.1) is 11.0 Å². The maximum atomic E-state index is 5.73. The molecule has 1 aromatic heterocycles. The van der Waals surface area contributed by atoms with E-state index in [1.807, 2.05) is 0 Å². The molecule has 0 atom stereocenters. The van der Waals surface area contributed by atoms with Gasteiger partial charge in [-0.2, -0.15) is 0 Å². The lowest BCUT2D eigenvalue weighted by atomic mass is 9.85. The third-order valence-corrected chi connectivity index (χ3v) is 4.03. The van der Waals surface area contributed by atoms with E-state index in [0.717, 1.165) is 30.5 Å². The average Bonchev–Trinajstić information content (AvgIpc) is 2.65. The van der Waals surface area contributed by atoms with Gasteiger partial charge in [-0.15, -0.1) is 0 Å². The number of benzene rings is 1. The largest absolute Gasteiger partial charge is 0.355 e. The van der Waals surface area contributed by atoms with Crippen LogP contribution < -0.4 is 11.1 Å². The Morgan fingerprint density at radius 2 is 2.26 bits per heavy atom. The molecule has 1 saturated carbocycles. The van der Waals surface area contributed by atoms with E-state index in [1.165, 1.54) is 30.3 Å². The fourth-order valence-electron chi connectivity index (χ4n) is 2.66. The molecule has 1 aromatic carbocycles. The number of fused-ring (bicyclic) bond motifs is 1. The van der Waals surface area contributed by atoms with Gasteiger partial charge >= 0.3 is 0 Å². The highest BCUT2D eigenvalue weighted by molar-refractivity contribution is 5.79. The molecule has 0 unspecified atom stereocenters. The molecule has 0 aliphatic heterocycles. The Hall–Kier alpha value is -1.55. The van der Waals surface area contributed by atoms with Gasteiger partial charge in [0.15, 0.2) is 0 Å². The van der Waals surface area contributed by atoms with E-state index >= 15 is 0 Å². The van der Waals surface area contributed by atoms with E-state index in [1.54, 1.807) is 0 Å². The number of rotatable bonds is 5. The van der Waals surface area contributed by atoms with Gasteiger partial charge in [-0.1, -0.05) is 12.5 Å². The van der Waals surface area contributed by atoms with E-state index in [9.17, 15) is 0 Å². The highest BCUT2D eigenvalue weighted by Crippen LogP contribution is 2.27. The first kappa shape index (κ1) is 12.5. The summed E-state index contributed by atoms with van der Waals surface area (Å²) in [5.74, 6) is 1.80. The first-order valence-corrected chi connectivity index (χ1v) is 7.19. The number of hydrogen-bond donors (Lipinski definition) is 2. The van der Waals surface area contributed by atoms with Crippen LogP contribution in [0.3, 0.4) is 0 Å². The van der Waals surface area contributed by atoms with E-state index in [-0.39, 0.29) is 0 Å². The molecule has 2 aromatic rings. The summed E-state index contributed by atoms with van der Waals surface area (Å²) in [6, 6.07) is 6.41. The zero-order valence-corrected chi connectivity index (χ0v) is 11.5. The Morgan fingerprint density at radius 1 is 1.42 bits per heavy atom. The van der Waals surface area contributed by atoms with Gasteiger partial charge < -0.3 is 15.6 Å². The van der Waals surface area contributed by atoms with Crippen LogP contribution in [0.4, 0.5) is 5.95 Å². The molecule has 3 N–H and O–H groups in total. The molecule has 1 heterocycles. The number of hydrogen-bond acceptors (Lipinski definition) is 3. The predicted octanol–water partition coefficient (Wildman–Crippen LogP) is 2.52. The van der Waals surface area contributed by atoms with Crippen molar-refractivity contribution in [2.45, 2.75) is 32.7 Å². The lowest BCUT2D eigenvalue weighted by molar-refractivity contribution is 0.332. The molecule has 0 saturated heterocycles. The van der Waals surface area contributed by atoms with Gasteiger partial charge in [0, 0.05) is 19.6 Å². The standard InChI is InChI=1S/C15H22N4/c1-11-5-6-14-13(9-11)18-15(19(14)8-7-16)17-10-12-3-2-4-12/h5-6,9,12H,2-4,7-8,10,16H2,1H3,(H,17,18). The Balaban J connectivity index is 1.89. The summed E-state index contributed by atoms with van der Waals surface area (Å²) >= 11 is 0. The SMILES string of the molecule is Cc1ccc2c(c1)nc(NCC1CCC1)n2CCN. The fraction of sp³-hybridized carbons (Fsp3) is 0.533. The summed E-state index contributed by atoms with van der Waals surface area (Å²) in [4.78, 5) is 4.72. The normalized spacial score (nSPS) is 15.7. The second-order valence-electron chi connectivity index (χ2n) is 5.55. The van der Waals surface area contributed by atoms with Crippen molar-refractivity contribution in [3.8, 4) is 0 Å². The molecule has 0 amide bonds. The first-order chi connectivity index (χ1) is 9.28. The summed E-state index contributed by atoms with van der Waals surface area (Å²) in [6.07, 6.45) is 4.08. The number of nitrogens with two attached hydrogens (primary N) is 1. The highest BCUT2D eigenvalue weighted by Gasteiger charge is 2.18. The van der Waals surface area contributed by atoms with Crippen LogP contribution in [0.15, 0.2) is 18.2 Å². The van der Waals surface area contributed by atoms with E-state index in [0.29, 0.717) is 6.54 Å². The van der Waals surface area contributed by atoms with Crippen LogP contribution in [0, 0.1) is 12.8 Å². The van der Waals surface area contributed by atoms with Crippen LogP contribution in [0.1, 0.15) is 24.8 Å². The van der Waals surface area contributed by atoms with Gasteiger partial charge in [-0.05, 0) is 43.4 Å². The first-order valence-electron chi connectivity index (χ1n) is 7.19. The molecule has 1 fully saturated rings. The number of aryl methyl sites for hydroxylation is 1. The number of anilines is 1. The molecular weight excluding hydrogens is 236 g/mol. The molecule has 4 heteroatoms. The molecule has 102 valence electrons. The van der Waals surface area contributed by atoms with Crippen molar-refractivity contribution >= 4 is 17.0 Å². The molecule has 0 spiro atoms.